The standard InChI is InChI=1S/C14H11Br3N2O2/c1-21-12-3-2-7(4-9(12)16)14(20)19-13-10(17)5-8(15)6-11(13)18/h2-6H,18H2,1H3,(H,19,20). The van der Waals surface area contributed by atoms with E-state index >= 15 is 0 Å². The van der Waals surface area contributed by atoms with E-state index in [2.05, 4.69) is 53.1 Å². The highest BCUT2D eigenvalue weighted by Gasteiger charge is 2.13. The minimum atomic E-state index is -0.256. The Labute approximate surface area is 147 Å². The number of methoxy groups -OCH3 is 1. The normalized spacial score (nSPS) is 10.3. The summed E-state index contributed by atoms with van der Waals surface area (Å²) < 4.78 is 7.38. The van der Waals surface area contributed by atoms with Crippen molar-refractivity contribution in [3.05, 3.63) is 49.3 Å². The number of halogens is 3. The minimum absolute atomic E-state index is 0.256. The van der Waals surface area contributed by atoms with Crippen molar-refractivity contribution in [3.8, 4) is 5.75 Å². The monoisotopic (exact) mass is 476 g/mol. The van der Waals surface area contributed by atoms with Gasteiger partial charge in [0, 0.05) is 14.5 Å². The van der Waals surface area contributed by atoms with Crippen LogP contribution in [-0.2, 0) is 0 Å². The Morgan fingerprint density at radius 2 is 1.86 bits per heavy atom. The van der Waals surface area contributed by atoms with Gasteiger partial charge in [-0.05, 0) is 62.2 Å². The van der Waals surface area contributed by atoms with Gasteiger partial charge in [0.15, 0.2) is 0 Å². The van der Waals surface area contributed by atoms with Crippen LogP contribution in [0.5, 0.6) is 5.75 Å². The van der Waals surface area contributed by atoms with Crippen LogP contribution in [0.2, 0.25) is 0 Å². The second kappa shape index (κ2) is 6.81. The Morgan fingerprint density at radius 1 is 1.14 bits per heavy atom. The molecular formula is C14H11Br3N2O2. The number of nitrogen functional groups attached to an aromatic ring is 1. The van der Waals surface area contributed by atoms with Crippen molar-refractivity contribution >= 4 is 65.1 Å². The van der Waals surface area contributed by atoms with Gasteiger partial charge in [0.1, 0.15) is 5.75 Å². The van der Waals surface area contributed by atoms with Crippen molar-refractivity contribution in [3.63, 3.8) is 0 Å². The number of carbonyl (C=O) groups is 1. The lowest BCUT2D eigenvalue weighted by atomic mass is 10.2. The molecule has 4 nitrogen and oxygen atoms in total. The topological polar surface area (TPSA) is 64.3 Å². The molecule has 0 atom stereocenters. The summed E-state index contributed by atoms with van der Waals surface area (Å²) in [5, 5.41) is 2.79. The molecule has 0 bridgehead atoms. The van der Waals surface area contributed by atoms with Gasteiger partial charge < -0.3 is 15.8 Å². The van der Waals surface area contributed by atoms with E-state index in [1.54, 1.807) is 31.4 Å². The average Bonchev–Trinajstić information content (AvgIpc) is 2.42. The van der Waals surface area contributed by atoms with Crippen LogP contribution in [0.25, 0.3) is 0 Å². The lowest BCUT2D eigenvalue weighted by Gasteiger charge is -2.12. The van der Waals surface area contributed by atoms with Gasteiger partial charge in [-0.1, -0.05) is 15.9 Å². The van der Waals surface area contributed by atoms with Gasteiger partial charge in [-0.2, -0.15) is 0 Å². The summed E-state index contributed by atoms with van der Waals surface area (Å²) in [5.74, 6) is 0.406. The molecule has 0 aliphatic rings. The molecule has 0 unspecified atom stereocenters. The molecule has 110 valence electrons. The van der Waals surface area contributed by atoms with Gasteiger partial charge in [-0.15, -0.1) is 0 Å². The third kappa shape index (κ3) is 3.78. The molecular weight excluding hydrogens is 468 g/mol. The van der Waals surface area contributed by atoms with Crippen LogP contribution >= 0.6 is 47.8 Å². The second-order valence-electron chi connectivity index (χ2n) is 4.16. The summed E-state index contributed by atoms with van der Waals surface area (Å²) in [6.07, 6.45) is 0. The minimum Gasteiger partial charge on any atom is -0.496 e. The van der Waals surface area contributed by atoms with Crippen LogP contribution in [0.3, 0.4) is 0 Å². The number of nitrogens with one attached hydrogen (secondary N) is 1. The van der Waals surface area contributed by atoms with Crippen molar-refractivity contribution < 1.29 is 9.53 Å². The van der Waals surface area contributed by atoms with Crippen LogP contribution in [0.15, 0.2) is 43.7 Å². The lowest BCUT2D eigenvalue weighted by Crippen LogP contribution is -2.13. The first-order valence-electron chi connectivity index (χ1n) is 5.81. The maximum absolute atomic E-state index is 12.3. The maximum atomic E-state index is 12.3. The molecule has 1 amide bonds. The number of carbonyl (C=O) groups excluding carboxylic acids is 1. The highest BCUT2D eigenvalue weighted by Crippen LogP contribution is 2.33. The Hall–Kier alpha value is -1.05. The summed E-state index contributed by atoms with van der Waals surface area (Å²) in [7, 11) is 1.57. The number of benzene rings is 2. The highest BCUT2D eigenvalue weighted by molar-refractivity contribution is 9.11. The smallest absolute Gasteiger partial charge is 0.255 e. The molecule has 0 fully saturated rings. The van der Waals surface area contributed by atoms with E-state index in [1.165, 1.54) is 0 Å². The van der Waals surface area contributed by atoms with E-state index in [0.717, 1.165) is 4.47 Å². The quantitative estimate of drug-likeness (QED) is 0.622. The number of ether oxygens (including phenoxy) is 1. The van der Waals surface area contributed by atoms with E-state index < -0.39 is 0 Å². The largest absolute Gasteiger partial charge is 0.496 e. The molecule has 3 N–H and O–H groups in total. The van der Waals surface area contributed by atoms with E-state index in [0.29, 0.717) is 31.6 Å². The van der Waals surface area contributed by atoms with E-state index in [1.807, 2.05) is 6.07 Å². The van der Waals surface area contributed by atoms with Crippen molar-refractivity contribution in [2.75, 3.05) is 18.2 Å². The zero-order valence-electron chi connectivity index (χ0n) is 10.9. The number of rotatable bonds is 3. The molecule has 0 aromatic heterocycles. The highest BCUT2D eigenvalue weighted by atomic mass is 79.9. The van der Waals surface area contributed by atoms with Gasteiger partial charge in [-0.3, -0.25) is 4.79 Å². The fourth-order valence-electron chi connectivity index (χ4n) is 1.72. The Balaban J connectivity index is 2.28. The average molecular weight is 479 g/mol. The van der Waals surface area contributed by atoms with E-state index in [-0.39, 0.29) is 5.91 Å². The third-order valence-electron chi connectivity index (χ3n) is 2.74. The molecule has 7 heteroatoms. The first-order valence-corrected chi connectivity index (χ1v) is 8.19. The molecule has 0 aliphatic heterocycles. The zero-order chi connectivity index (χ0) is 15.6. The molecule has 0 spiro atoms. The van der Waals surface area contributed by atoms with Crippen molar-refractivity contribution in [1.82, 2.24) is 0 Å². The number of nitrogens with two attached hydrogens (primary N) is 1. The second-order valence-corrected chi connectivity index (χ2v) is 6.78. The number of amides is 1. The molecule has 2 rings (SSSR count). The van der Waals surface area contributed by atoms with Crippen molar-refractivity contribution in [1.29, 1.82) is 0 Å². The summed E-state index contributed by atoms with van der Waals surface area (Å²) in [4.78, 5) is 12.3. The molecule has 21 heavy (non-hydrogen) atoms. The van der Waals surface area contributed by atoms with Gasteiger partial charge in [-0.25, -0.2) is 0 Å². The summed E-state index contributed by atoms with van der Waals surface area (Å²) >= 11 is 10.1. The number of hydrogen-bond donors (Lipinski definition) is 2. The predicted octanol–water partition coefficient (Wildman–Crippen LogP) is 4.82. The Morgan fingerprint density at radius 3 is 2.43 bits per heavy atom. The van der Waals surface area contributed by atoms with Gasteiger partial charge in [0.2, 0.25) is 0 Å². The maximum Gasteiger partial charge on any atom is 0.255 e. The van der Waals surface area contributed by atoms with Crippen molar-refractivity contribution in [2.45, 2.75) is 0 Å². The molecule has 0 aliphatic carbocycles. The van der Waals surface area contributed by atoms with Gasteiger partial charge >= 0.3 is 0 Å². The van der Waals surface area contributed by atoms with Crippen LogP contribution in [-0.4, -0.2) is 13.0 Å². The van der Waals surface area contributed by atoms with Crippen LogP contribution in [0, 0.1) is 0 Å². The molecule has 0 saturated carbocycles. The van der Waals surface area contributed by atoms with Crippen molar-refractivity contribution in [2.24, 2.45) is 0 Å². The molecule has 0 heterocycles. The summed E-state index contributed by atoms with van der Waals surface area (Å²) in [6, 6.07) is 8.64. The van der Waals surface area contributed by atoms with Crippen LogP contribution < -0.4 is 15.8 Å². The van der Waals surface area contributed by atoms with E-state index in [4.69, 9.17) is 10.5 Å². The fraction of sp³-hybridized carbons (Fsp3) is 0.0714. The predicted molar refractivity (Wildman–Crippen MR) is 94.9 cm³/mol. The Kier molecular flexibility index (Phi) is 5.29. The summed E-state index contributed by atoms with van der Waals surface area (Å²) in [5.41, 5.74) is 7.42. The van der Waals surface area contributed by atoms with Crippen LogP contribution in [0.1, 0.15) is 10.4 Å². The van der Waals surface area contributed by atoms with Crippen LogP contribution in [0.4, 0.5) is 11.4 Å². The zero-order valence-corrected chi connectivity index (χ0v) is 15.7. The lowest BCUT2D eigenvalue weighted by molar-refractivity contribution is 0.102. The molecule has 2 aromatic rings. The third-order valence-corrected chi connectivity index (χ3v) is 4.44. The number of hydrogen-bond acceptors (Lipinski definition) is 3. The summed E-state index contributed by atoms with van der Waals surface area (Å²) in [6.45, 7) is 0. The molecule has 0 radical (unpaired) electrons. The molecule has 0 saturated heterocycles. The fourth-order valence-corrected chi connectivity index (χ4v) is 3.62. The Bertz CT molecular complexity index is 682. The molecule has 2 aromatic carbocycles. The first kappa shape index (κ1) is 16.3. The SMILES string of the molecule is COc1ccc(C(=O)Nc2c(N)cc(Br)cc2Br)cc1Br. The first-order chi connectivity index (χ1) is 9.92. The number of anilines is 2. The van der Waals surface area contributed by atoms with Gasteiger partial charge in [0.25, 0.3) is 5.91 Å². The van der Waals surface area contributed by atoms with E-state index in [9.17, 15) is 4.79 Å². The van der Waals surface area contributed by atoms with Gasteiger partial charge in [0.05, 0.1) is 23.0 Å².